The molecular weight excluding hydrogens is 330 g/mol. The molecule has 2 rings (SSSR count). The van der Waals surface area contributed by atoms with Gasteiger partial charge in [0.2, 0.25) is 0 Å². The molecule has 0 aliphatic heterocycles. The first-order valence-corrected chi connectivity index (χ1v) is 7.59. The highest BCUT2D eigenvalue weighted by atomic mass is 19.1. The first-order chi connectivity index (χ1) is 11.9. The lowest BCUT2D eigenvalue weighted by Crippen LogP contribution is -2.41. The van der Waals surface area contributed by atoms with Gasteiger partial charge in [0.15, 0.2) is 0 Å². The van der Waals surface area contributed by atoms with Crippen LogP contribution in [-0.2, 0) is 16.0 Å². The lowest BCUT2D eigenvalue weighted by atomic mass is 10.1. The van der Waals surface area contributed by atoms with Crippen molar-refractivity contribution in [2.24, 2.45) is 0 Å². The Kier molecular flexibility index (Phi) is 6.05. The summed E-state index contributed by atoms with van der Waals surface area (Å²) in [6.07, 6.45) is 0.477. The van der Waals surface area contributed by atoms with Gasteiger partial charge in [-0.3, -0.25) is 9.59 Å². The Labute approximate surface area is 144 Å². The van der Waals surface area contributed by atoms with E-state index in [9.17, 15) is 18.4 Å². The van der Waals surface area contributed by atoms with Crippen molar-refractivity contribution in [3.8, 4) is 5.75 Å². The number of anilines is 1. The molecule has 0 bridgehead atoms. The van der Waals surface area contributed by atoms with Crippen molar-refractivity contribution >= 4 is 17.5 Å². The van der Waals surface area contributed by atoms with Crippen LogP contribution in [0.15, 0.2) is 42.5 Å². The molecular formula is C18H18F2N2O3. The van der Waals surface area contributed by atoms with Gasteiger partial charge in [-0.1, -0.05) is 12.1 Å². The zero-order valence-corrected chi connectivity index (χ0v) is 13.8. The summed E-state index contributed by atoms with van der Waals surface area (Å²) in [4.78, 5) is 23.7. The van der Waals surface area contributed by atoms with Crippen LogP contribution in [0.25, 0.3) is 0 Å². The number of rotatable bonds is 5. The zero-order valence-electron chi connectivity index (χ0n) is 13.8. The predicted molar refractivity (Wildman–Crippen MR) is 89.3 cm³/mol. The number of methoxy groups -OCH3 is 1. The van der Waals surface area contributed by atoms with E-state index in [1.807, 2.05) is 18.2 Å². The van der Waals surface area contributed by atoms with Crippen molar-refractivity contribution in [3.63, 3.8) is 0 Å². The van der Waals surface area contributed by atoms with Crippen molar-refractivity contribution in [1.82, 2.24) is 5.32 Å². The van der Waals surface area contributed by atoms with Gasteiger partial charge in [-0.15, -0.1) is 0 Å². The number of amides is 2. The van der Waals surface area contributed by atoms with Crippen LogP contribution in [0.5, 0.6) is 5.75 Å². The van der Waals surface area contributed by atoms with E-state index in [0.717, 1.165) is 23.8 Å². The molecule has 0 spiro atoms. The SMILES string of the molecule is COc1cccc(C[C@@H](C)NC(=O)C(=O)Nc2cc(F)ccc2F)c1. The normalized spacial score (nSPS) is 11.5. The summed E-state index contributed by atoms with van der Waals surface area (Å²) in [5, 5.41) is 4.56. The van der Waals surface area contributed by atoms with Gasteiger partial charge < -0.3 is 15.4 Å². The van der Waals surface area contributed by atoms with Gasteiger partial charge in [-0.2, -0.15) is 0 Å². The maximum Gasteiger partial charge on any atom is 0.313 e. The number of carbonyl (C=O) groups is 2. The fourth-order valence-electron chi connectivity index (χ4n) is 2.27. The summed E-state index contributed by atoms with van der Waals surface area (Å²) in [5.74, 6) is -2.85. The Balaban J connectivity index is 1.93. The third kappa shape index (κ3) is 5.27. The lowest BCUT2D eigenvalue weighted by molar-refractivity contribution is -0.136. The van der Waals surface area contributed by atoms with Crippen molar-refractivity contribution in [1.29, 1.82) is 0 Å². The van der Waals surface area contributed by atoms with Crippen molar-refractivity contribution < 1.29 is 23.1 Å². The molecule has 0 aliphatic carbocycles. The standard InChI is InChI=1S/C18H18F2N2O3/c1-11(8-12-4-3-5-14(9-12)25-2)21-17(23)18(24)22-16-10-13(19)6-7-15(16)20/h3-7,9-11H,8H2,1-2H3,(H,21,23)(H,22,24)/t11-/m1/s1. The van der Waals surface area contributed by atoms with Crippen molar-refractivity contribution in [2.75, 3.05) is 12.4 Å². The van der Waals surface area contributed by atoms with Gasteiger partial charge in [0, 0.05) is 12.1 Å². The third-order valence-corrected chi connectivity index (χ3v) is 3.44. The number of hydrogen-bond donors (Lipinski definition) is 2. The molecule has 0 unspecified atom stereocenters. The first-order valence-electron chi connectivity index (χ1n) is 7.59. The fourth-order valence-corrected chi connectivity index (χ4v) is 2.27. The summed E-state index contributed by atoms with van der Waals surface area (Å²) >= 11 is 0. The smallest absolute Gasteiger partial charge is 0.313 e. The highest BCUT2D eigenvalue weighted by Gasteiger charge is 2.18. The van der Waals surface area contributed by atoms with Gasteiger partial charge in [-0.25, -0.2) is 8.78 Å². The van der Waals surface area contributed by atoms with Gasteiger partial charge in [0.1, 0.15) is 17.4 Å². The first kappa shape index (κ1) is 18.4. The van der Waals surface area contributed by atoms with Gasteiger partial charge in [0.05, 0.1) is 12.8 Å². The molecule has 0 radical (unpaired) electrons. The Bertz CT molecular complexity index is 781. The van der Waals surface area contributed by atoms with Crippen LogP contribution < -0.4 is 15.4 Å². The quantitative estimate of drug-likeness (QED) is 0.817. The Morgan fingerprint density at radius 2 is 1.88 bits per heavy atom. The molecule has 2 aromatic carbocycles. The number of nitrogens with one attached hydrogen (secondary N) is 2. The maximum absolute atomic E-state index is 13.5. The van der Waals surface area contributed by atoms with E-state index in [4.69, 9.17) is 4.74 Å². The molecule has 0 aromatic heterocycles. The molecule has 2 N–H and O–H groups in total. The molecule has 1 atom stereocenters. The van der Waals surface area contributed by atoms with E-state index in [1.165, 1.54) is 0 Å². The van der Waals surface area contributed by atoms with E-state index in [1.54, 1.807) is 20.1 Å². The van der Waals surface area contributed by atoms with Crippen LogP contribution in [0.4, 0.5) is 14.5 Å². The van der Waals surface area contributed by atoms with Gasteiger partial charge >= 0.3 is 11.8 Å². The monoisotopic (exact) mass is 348 g/mol. The largest absolute Gasteiger partial charge is 0.497 e. The highest BCUT2D eigenvalue weighted by Crippen LogP contribution is 2.15. The van der Waals surface area contributed by atoms with Crippen LogP contribution in [-0.4, -0.2) is 25.0 Å². The predicted octanol–water partition coefficient (Wildman–Crippen LogP) is 2.66. The van der Waals surface area contributed by atoms with Crippen molar-refractivity contribution in [3.05, 3.63) is 59.7 Å². The molecule has 25 heavy (non-hydrogen) atoms. The number of halogens is 2. The van der Waals surface area contributed by atoms with Crippen LogP contribution >= 0.6 is 0 Å². The van der Waals surface area contributed by atoms with E-state index in [0.29, 0.717) is 12.2 Å². The van der Waals surface area contributed by atoms with Crippen LogP contribution in [0.1, 0.15) is 12.5 Å². The van der Waals surface area contributed by atoms with Crippen LogP contribution in [0.2, 0.25) is 0 Å². The van der Waals surface area contributed by atoms with E-state index in [-0.39, 0.29) is 11.7 Å². The maximum atomic E-state index is 13.5. The summed E-state index contributed by atoms with van der Waals surface area (Å²) in [5.41, 5.74) is 0.532. The number of benzene rings is 2. The Morgan fingerprint density at radius 1 is 1.12 bits per heavy atom. The second-order valence-corrected chi connectivity index (χ2v) is 5.51. The van der Waals surface area contributed by atoms with E-state index < -0.39 is 23.4 Å². The average Bonchev–Trinajstić information content (AvgIpc) is 2.58. The summed E-state index contributed by atoms with van der Waals surface area (Å²) in [7, 11) is 1.56. The lowest BCUT2D eigenvalue weighted by Gasteiger charge is -2.14. The summed E-state index contributed by atoms with van der Waals surface area (Å²) in [6.45, 7) is 1.73. The molecule has 5 nitrogen and oxygen atoms in total. The second kappa shape index (κ2) is 8.23. The molecule has 0 saturated heterocycles. The van der Waals surface area contributed by atoms with Gasteiger partial charge in [0.25, 0.3) is 0 Å². The van der Waals surface area contributed by atoms with E-state index >= 15 is 0 Å². The highest BCUT2D eigenvalue weighted by molar-refractivity contribution is 6.39. The minimum Gasteiger partial charge on any atom is -0.497 e. The second-order valence-electron chi connectivity index (χ2n) is 5.51. The molecule has 0 aliphatic rings. The summed E-state index contributed by atoms with van der Waals surface area (Å²) < 4.78 is 31.7. The third-order valence-electron chi connectivity index (χ3n) is 3.44. The average molecular weight is 348 g/mol. The number of carbonyl (C=O) groups excluding carboxylic acids is 2. The molecule has 0 heterocycles. The minimum absolute atomic E-state index is 0.345. The molecule has 2 amide bonds. The van der Waals surface area contributed by atoms with Crippen molar-refractivity contribution in [2.45, 2.75) is 19.4 Å². The van der Waals surface area contributed by atoms with Gasteiger partial charge in [-0.05, 0) is 43.2 Å². The Morgan fingerprint density at radius 3 is 2.60 bits per heavy atom. The molecule has 132 valence electrons. The summed E-state index contributed by atoms with van der Waals surface area (Å²) in [6, 6.07) is 9.56. The number of ether oxygens (including phenoxy) is 1. The van der Waals surface area contributed by atoms with E-state index in [2.05, 4.69) is 10.6 Å². The minimum atomic E-state index is -1.07. The zero-order chi connectivity index (χ0) is 18.4. The Hall–Kier alpha value is -2.96. The number of hydrogen-bond acceptors (Lipinski definition) is 3. The molecule has 0 saturated carbocycles. The van der Waals surface area contributed by atoms with Crippen LogP contribution in [0.3, 0.4) is 0 Å². The molecule has 0 fully saturated rings. The molecule has 7 heteroatoms. The van der Waals surface area contributed by atoms with Crippen LogP contribution in [0, 0.1) is 11.6 Å². The molecule has 2 aromatic rings. The fraction of sp³-hybridized carbons (Fsp3) is 0.222. The topological polar surface area (TPSA) is 67.4 Å².